The van der Waals surface area contributed by atoms with Gasteiger partial charge in [0.2, 0.25) is 5.91 Å². The lowest BCUT2D eigenvalue weighted by atomic mass is 9.99. The Morgan fingerprint density at radius 1 is 1.24 bits per heavy atom. The van der Waals surface area contributed by atoms with Crippen molar-refractivity contribution >= 4 is 41.8 Å². The van der Waals surface area contributed by atoms with Crippen molar-refractivity contribution < 1.29 is 4.79 Å². The number of hydrogen-bond donors (Lipinski definition) is 3. The van der Waals surface area contributed by atoms with Gasteiger partial charge in [0.25, 0.3) is 0 Å². The number of nitrogens with zero attached hydrogens (tertiary/aromatic N) is 1. The van der Waals surface area contributed by atoms with Crippen LogP contribution in [-0.2, 0) is 11.2 Å². The molecule has 0 radical (unpaired) electrons. The van der Waals surface area contributed by atoms with Crippen molar-refractivity contribution in [1.29, 1.82) is 0 Å². The first-order chi connectivity index (χ1) is 11.2. The van der Waals surface area contributed by atoms with Crippen LogP contribution >= 0.6 is 24.8 Å². The van der Waals surface area contributed by atoms with Crippen LogP contribution in [0.4, 0.5) is 0 Å². The zero-order chi connectivity index (χ0) is 15.8. The van der Waals surface area contributed by atoms with E-state index in [9.17, 15) is 4.79 Å². The van der Waals surface area contributed by atoms with Gasteiger partial charge in [0.05, 0.1) is 11.0 Å². The molecule has 2 unspecified atom stereocenters. The molecule has 7 heteroatoms. The Kier molecular flexibility index (Phi) is 6.72. The fourth-order valence-corrected chi connectivity index (χ4v) is 4.05. The lowest BCUT2D eigenvalue weighted by molar-refractivity contribution is -0.122. The number of fused-ring (bicyclic) bond motifs is 3. The molecule has 2 fully saturated rings. The summed E-state index contributed by atoms with van der Waals surface area (Å²) < 4.78 is 0. The second-order valence-corrected chi connectivity index (χ2v) is 7.03. The van der Waals surface area contributed by atoms with E-state index < -0.39 is 0 Å². The first-order valence-electron chi connectivity index (χ1n) is 8.67. The van der Waals surface area contributed by atoms with Crippen molar-refractivity contribution in [3.05, 3.63) is 29.6 Å². The van der Waals surface area contributed by atoms with E-state index in [0.717, 1.165) is 29.7 Å². The normalized spacial score (nSPS) is 24.4. The fourth-order valence-electron chi connectivity index (χ4n) is 4.05. The standard InChI is InChI=1S/C18H24N4O.2ClH/c1-11-3-2-4-15-18(11)22-16(21-15)7-8-17(23)20-14-9-12-5-6-13(10-14)19-12;;/h2-4,12-14,19H,5-10H2,1H3,(H,20,23)(H,21,22);2*1H. The summed E-state index contributed by atoms with van der Waals surface area (Å²) in [5.41, 5.74) is 3.23. The van der Waals surface area contributed by atoms with E-state index in [2.05, 4.69) is 33.6 Å². The molecule has 2 aromatic rings. The molecule has 25 heavy (non-hydrogen) atoms. The van der Waals surface area contributed by atoms with Crippen LogP contribution in [-0.4, -0.2) is 34.0 Å². The number of H-pyrrole nitrogens is 1. The van der Waals surface area contributed by atoms with E-state index in [4.69, 9.17) is 0 Å². The van der Waals surface area contributed by atoms with Gasteiger partial charge in [0, 0.05) is 31.0 Å². The van der Waals surface area contributed by atoms with E-state index in [0.29, 0.717) is 31.0 Å². The van der Waals surface area contributed by atoms with Crippen molar-refractivity contribution in [1.82, 2.24) is 20.6 Å². The Hall–Kier alpha value is -1.30. The first kappa shape index (κ1) is 20.0. The van der Waals surface area contributed by atoms with Crippen molar-refractivity contribution in [3.63, 3.8) is 0 Å². The van der Waals surface area contributed by atoms with Crippen LogP contribution in [0.5, 0.6) is 0 Å². The van der Waals surface area contributed by atoms with Gasteiger partial charge in [-0.05, 0) is 44.2 Å². The molecule has 5 nitrogen and oxygen atoms in total. The van der Waals surface area contributed by atoms with Gasteiger partial charge in [-0.25, -0.2) is 4.98 Å². The van der Waals surface area contributed by atoms with Gasteiger partial charge < -0.3 is 15.6 Å². The van der Waals surface area contributed by atoms with Crippen LogP contribution in [0.25, 0.3) is 11.0 Å². The Bertz CT molecular complexity index is 721. The Labute approximate surface area is 160 Å². The molecule has 0 spiro atoms. The highest BCUT2D eigenvalue weighted by atomic mass is 35.5. The minimum absolute atomic E-state index is 0. The summed E-state index contributed by atoms with van der Waals surface area (Å²) in [6.07, 6.45) is 5.83. The minimum atomic E-state index is 0. The molecule has 2 bridgehead atoms. The number of benzene rings is 1. The van der Waals surface area contributed by atoms with E-state index in [1.54, 1.807) is 0 Å². The number of carbonyl (C=O) groups is 1. The Morgan fingerprint density at radius 3 is 2.64 bits per heavy atom. The highest BCUT2D eigenvalue weighted by Crippen LogP contribution is 2.26. The quantitative estimate of drug-likeness (QED) is 0.758. The number of nitrogens with one attached hydrogen (secondary N) is 3. The number of imidazole rings is 1. The van der Waals surface area contributed by atoms with Gasteiger partial charge >= 0.3 is 0 Å². The molecule has 3 heterocycles. The van der Waals surface area contributed by atoms with Crippen LogP contribution in [0.1, 0.15) is 43.5 Å². The molecule has 2 aliphatic rings. The third-order valence-corrected chi connectivity index (χ3v) is 5.19. The van der Waals surface area contributed by atoms with Gasteiger partial charge in [0.15, 0.2) is 0 Å². The summed E-state index contributed by atoms with van der Waals surface area (Å²) in [5.74, 6) is 1.04. The fraction of sp³-hybridized carbons (Fsp3) is 0.556. The lowest BCUT2D eigenvalue weighted by Crippen LogP contribution is -2.48. The van der Waals surface area contributed by atoms with E-state index in [-0.39, 0.29) is 30.7 Å². The largest absolute Gasteiger partial charge is 0.353 e. The van der Waals surface area contributed by atoms with Crippen LogP contribution in [0.2, 0.25) is 0 Å². The second kappa shape index (κ2) is 8.39. The number of hydrogen-bond acceptors (Lipinski definition) is 3. The number of aromatic amines is 1. The maximum absolute atomic E-state index is 12.2. The first-order valence-corrected chi connectivity index (χ1v) is 8.67. The number of aryl methyl sites for hydroxylation is 2. The highest BCUT2D eigenvalue weighted by molar-refractivity contribution is 5.85. The highest BCUT2D eigenvalue weighted by Gasteiger charge is 2.33. The minimum Gasteiger partial charge on any atom is -0.353 e. The predicted molar refractivity (Wildman–Crippen MR) is 105 cm³/mol. The molecular weight excluding hydrogens is 359 g/mol. The molecule has 2 atom stereocenters. The second-order valence-electron chi connectivity index (χ2n) is 7.03. The van der Waals surface area contributed by atoms with Gasteiger partial charge in [0.1, 0.15) is 5.82 Å². The molecule has 0 aliphatic carbocycles. The van der Waals surface area contributed by atoms with Crippen LogP contribution in [0.3, 0.4) is 0 Å². The SMILES string of the molecule is Cc1cccc2[nH]c(CCC(=O)NC3CC4CCC(C3)N4)nc12.Cl.Cl. The molecule has 3 N–H and O–H groups in total. The number of para-hydroxylation sites is 1. The molecule has 0 saturated carbocycles. The molecule has 138 valence electrons. The number of aromatic nitrogens is 2. The van der Waals surface area contributed by atoms with E-state index >= 15 is 0 Å². The van der Waals surface area contributed by atoms with E-state index in [1.165, 1.54) is 18.4 Å². The summed E-state index contributed by atoms with van der Waals surface area (Å²) in [4.78, 5) is 20.2. The van der Waals surface area contributed by atoms with Gasteiger partial charge in [-0.1, -0.05) is 12.1 Å². The molecule has 2 saturated heterocycles. The molecule has 2 aliphatic heterocycles. The van der Waals surface area contributed by atoms with Crippen LogP contribution < -0.4 is 10.6 Å². The maximum Gasteiger partial charge on any atom is 0.220 e. The Balaban J connectivity index is 0.00000113. The Morgan fingerprint density at radius 2 is 1.96 bits per heavy atom. The van der Waals surface area contributed by atoms with Crippen molar-refractivity contribution in [2.45, 2.75) is 63.6 Å². The maximum atomic E-state index is 12.2. The number of rotatable bonds is 4. The molecule has 1 aromatic heterocycles. The zero-order valence-electron chi connectivity index (χ0n) is 14.4. The van der Waals surface area contributed by atoms with Gasteiger partial charge in [-0.2, -0.15) is 0 Å². The van der Waals surface area contributed by atoms with E-state index in [1.807, 2.05) is 12.1 Å². The lowest BCUT2D eigenvalue weighted by Gasteiger charge is -2.29. The third kappa shape index (κ3) is 4.46. The molecule has 1 amide bonds. The predicted octanol–water partition coefficient (Wildman–Crippen LogP) is 3.05. The van der Waals surface area contributed by atoms with Crippen molar-refractivity contribution in [3.8, 4) is 0 Å². The summed E-state index contributed by atoms with van der Waals surface area (Å²) in [6.45, 7) is 2.06. The topological polar surface area (TPSA) is 69.8 Å². The average Bonchev–Trinajstić information content (AvgIpc) is 3.09. The number of carbonyl (C=O) groups excluding carboxylic acids is 1. The van der Waals surface area contributed by atoms with Crippen LogP contribution in [0, 0.1) is 6.92 Å². The third-order valence-electron chi connectivity index (χ3n) is 5.19. The molecule has 1 aromatic carbocycles. The number of amides is 1. The van der Waals surface area contributed by atoms with Crippen LogP contribution in [0.15, 0.2) is 18.2 Å². The summed E-state index contributed by atoms with van der Waals surface area (Å²) in [6, 6.07) is 7.68. The number of piperidine rings is 1. The van der Waals surface area contributed by atoms with Gasteiger partial charge in [-0.3, -0.25) is 4.79 Å². The average molecular weight is 385 g/mol. The number of halogens is 2. The smallest absolute Gasteiger partial charge is 0.220 e. The van der Waals surface area contributed by atoms with Gasteiger partial charge in [-0.15, -0.1) is 24.8 Å². The van der Waals surface area contributed by atoms with Crippen molar-refractivity contribution in [2.24, 2.45) is 0 Å². The summed E-state index contributed by atoms with van der Waals surface area (Å²) in [5, 5.41) is 6.82. The van der Waals surface area contributed by atoms with Crippen molar-refractivity contribution in [2.75, 3.05) is 0 Å². The molecular formula is C18H26Cl2N4O. The summed E-state index contributed by atoms with van der Waals surface area (Å²) >= 11 is 0. The summed E-state index contributed by atoms with van der Waals surface area (Å²) in [7, 11) is 0. The zero-order valence-corrected chi connectivity index (χ0v) is 16.0. The molecule has 4 rings (SSSR count). The monoisotopic (exact) mass is 384 g/mol.